The SMILES string of the molecule is CC[C@H]1CCCN(Cc2cc(=O)n3c(C)csc3n2)C1. The van der Waals surface area contributed by atoms with E-state index in [2.05, 4.69) is 16.8 Å². The van der Waals surface area contributed by atoms with Gasteiger partial charge < -0.3 is 0 Å². The average Bonchev–Trinajstić information content (AvgIpc) is 2.81. The van der Waals surface area contributed by atoms with Gasteiger partial charge in [-0.15, -0.1) is 11.3 Å². The predicted octanol–water partition coefficient (Wildman–Crippen LogP) is 2.69. The van der Waals surface area contributed by atoms with Gasteiger partial charge in [-0.1, -0.05) is 13.3 Å². The quantitative estimate of drug-likeness (QED) is 0.872. The number of hydrogen-bond acceptors (Lipinski definition) is 4. The van der Waals surface area contributed by atoms with Gasteiger partial charge in [0.25, 0.3) is 5.56 Å². The topological polar surface area (TPSA) is 37.6 Å². The molecule has 0 aliphatic carbocycles. The summed E-state index contributed by atoms with van der Waals surface area (Å²) in [7, 11) is 0. The lowest BCUT2D eigenvalue weighted by Gasteiger charge is -2.31. The van der Waals surface area contributed by atoms with Crippen molar-refractivity contribution in [3.63, 3.8) is 0 Å². The fourth-order valence-electron chi connectivity index (χ4n) is 3.04. The first-order valence-electron chi connectivity index (χ1n) is 7.36. The molecule has 0 aromatic carbocycles. The van der Waals surface area contributed by atoms with Gasteiger partial charge in [-0.25, -0.2) is 4.98 Å². The lowest BCUT2D eigenvalue weighted by atomic mass is 9.95. The molecule has 0 N–H and O–H groups in total. The number of rotatable bonds is 3. The molecular weight excluding hydrogens is 270 g/mol. The van der Waals surface area contributed by atoms with E-state index < -0.39 is 0 Å². The Morgan fingerprint density at radius 1 is 1.50 bits per heavy atom. The molecule has 0 spiro atoms. The summed E-state index contributed by atoms with van der Waals surface area (Å²) in [6.07, 6.45) is 3.85. The fourth-order valence-corrected chi connectivity index (χ4v) is 3.93. The molecule has 2 aromatic rings. The second-order valence-electron chi connectivity index (χ2n) is 5.73. The highest BCUT2D eigenvalue weighted by molar-refractivity contribution is 7.15. The van der Waals surface area contributed by atoms with Gasteiger partial charge in [0, 0.05) is 30.2 Å². The Balaban J connectivity index is 1.82. The van der Waals surface area contributed by atoms with E-state index in [0.29, 0.717) is 0 Å². The van der Waals surface area contributed by atoms with E-state index in [1.165, 1.54) is 19.3 Å². The minimum absolute atomic E-state index is 0.0489. The normalized spacial score (nSPS) is 20.6. The average molecular weight is 291 g/mol. The number of nitrogens with zero attached hydrogens (tertiary/aromatic N) is 3. The Kier molecular flexibility index (Phi) is 3.89. The van der Waals surface area contributed by atoms with Crippen LogP contribution >= 0.6 is 11.3 Å². The number of aryl methyl sites for hydroxylation is 1. The highest BCUT2D eigenvalue weighted by Gasteiger charge is 2.19. The minimum Gasteiger partial charge on any atom is -0.297 e. The van der Waals surface area contributed by atoms with Crippen molar-refractivity contribution in [3.8, 4) is 0 Å². The Morgan fingerprint density at radius 3 is 3.15 bits per heavy atom. The maximum atomic E-state index is 12.2. The zero-order valence-electron chi connectivity index (χ0n) is 12.1. The van der Waals surface area contributed by atoms with Gasteiger partial charge in [0.15, 0.2) is 4.96 Å². The van der Waals surface area contributed by atoms with Gasteiger partial charge in [-0.05, 0) is 32.2 Å². The van der Waals surface area contributed by atoms with Gasteiger partial charge in [0.05, 0.1) is 5.69 Å². The van der Waals surface area contributed by atoms with E-state index in [9.17, 15) is 4.79 Å². The molecule has 1 aliphatic rings. The number of likely N-dealkylation sites (tertiary alicyclic amines) is 1. The van der Waals surface area contributed by atoms with E-state index in [-0.39, 0.29) is 5.56 Å². The van der Waals surface area contributed by atoms with Crippen LogP contribution in [0.25, 0.3) is 4.96 Å². The van der Waals surface area contributed by atoms with Crippen LogP contribution in [0.5, 0.6) is 0 Å². The number of aromatic nitrogens is 2. The van der Waals surface area contributed by atoms with E-state index >= 15 is 0 Å². The first-order valence-corrected chi connectivity index (χ1v) is 8.24. The molecule has 3 heterocycles. The van der Waals surface area contributed by atoms with Crippen LogP contribution in [0, 0.1) is 12.8 Å². The standard InChI is InChI=1S/C15H21N3OS/c1-3-12-5-4-6-17(8-12)9-13-7-14(19)18-11(2)10-20-15(18)16-13/h7,10,12H,3-6,8-9H2,1-2H3/t12-/m0/s1. The van der Waals surface area contributed by atoms with Crippen molar-refractivity contribution in [2.75, 3.05) is 13.1 Å². The minimum atomic E-state index is 0.0489. The molecule has 108 valence electrons. The molecule has 1 aliphatic heterocycles. The molecule has 2 aromatic heterocycles. The Labute approximate surface area is 123 Å². The summed E-state index contributed by atoms with van der Waals surface area (Å²) in [6.45, 7) is 7.28. The Hall–Kier alpha value is -1.20. The molecule has 0 radical (unpaired) electrons. The summed E-state index contributed by atoms with van der Waals surface area (Å²) in [5.41, 5.74) is 1.93. The van der Waals surface area contributed by atoms with Gasteiger partial charge in [0.1, 0.15) is 0 Å². The molecule has 1 atom stereocenters. The maximum absolute atomic E-state index is 12.2. The molecule has 0 amide bonds. The van der Waals surface area contributed by atoms with E-state index in [1.54, 1.807) is 21.8 Å². The summed E-state index contributed by atoms with van der Waals surface area (Å²) in [5, 5.41) is 1.99. The summed E-state index contributed by atoms with van der Waals surface area (Å²) >= 11 is 1.54. The molecule has 0 unspecified atom stereocenters. The molecule has 4 nitrogen and oxygen atoms in total. The lowest BCUT2D eigenvalue weighted by Crippen LogP contribution is -2.35. The fraction of sp³-hybridized carbons (Fsp3) is 0.600. The van der Waals surface area contributed by atoms with Gasteiger partial charge >= 0.3 is 0 Å². The summed E-state index contributed by atoms with van der Waals surface area (Å²) in [5.74, 6) is 0.803. The van der Waals surface area contributed by atoms with Crippen molar-refractivity contribution in [3.05, 3.63) is 33.2 Å². The van der Waals surface area contributed by atoms with Crippen LogP contribution in [0.3, 0.4) is 0 Å². The van der Waals surface area contributed by atoms with Crippen molar-refractivity contribution < 1.29 is 0 Å². The second-order valence-corrected chi connectivity index (χ2v) is 6.57. The van der Waals surface area contributed by atoms with Crippen LogP contribution in [0.1, 0.15) is 37.6 Å². The molecule has 20 heavy (non-hydrogen) atoms. The molecule has 3 rings (SSSR count). The first kappa shape index (κ1) is 13.8. The van der Waals surface area contributed by atoms with E-state index in [0.717, 1.165) is 41.9 Å². The lowest BCUT2D eigenvalue weighted by molar-refractivity contribution is 0.163. The molecule has 5 heteroatoms. The zero-order chi connectivity index (χ0) is 14.1. The number of fused-ring (bicyclic) bond motifs is 1. The Morgan fingerprint density at radius 2 is 2.35 bits per heavy atom. The largest absolute Gasteiger partial charge is 0.297 e. The third-order valence-electron chi connectivity index (χ3n) is 4.19. The van der Waals surface area contributed by atoms with Crippen LogP contribution < -0.4 is 5.56 Å². The van der Waals surface area contributed by atoms with Crippen LogP contribution in [-0.4, -0.2) is 27.4 Å². The van der Waals surface area contributed by atoms with Gasteiger partial charge in [-0.3, -0.25) is 14.1 Å². The molecule has 1 fully saturated rings. The third kappa shape index (κ3) is 2.65. The smallest absolute Gasteiger partial charge is 0.259 e. The van der Waals surface area contributed by atoms with E-state index in [4.69, 9.17) is 0 Å². The Bertz CT molecular complexity index is 661. The van der Waals surface area contributed by atoms with Crippen molar-refractivity contribution in [1.82, 2.24) is 14.3 Å². The summed E-state index contributed by atoms with van der Waals surface area (Å²) in [6, 6.07) is 1.70. The molecule has 0 bridgehead atoms. The van der Waals surface area contributed by atoms with Crippen molar-refractivity contribution in [2.45, 2.75) is 39.7 Å². The molecular formula is C15H21N3OS. The highest BCUT2D eigenvalue weighted by atomic mass is 32.1. The zero-order valence-corrected chi connectivity index (χ0v) is 12.9. The molecule has 1 saturated heterocycles. The van der Waals surface area contributed by atoms with E-state index in [1.807, 2.05) is 12.3 Å². The molecule has 0 saturated carbocycles. The van der Waals surface area contributed by atoms with Crippen molar-refractivity contribution in [1.29, 1.82) is 0 Å². The third-order valence-corrected chi connectivity index (χ3v) is 5.14. The monoisotopic (exact) mass is 291 g/mol. The van der Waals surface area contributed by atoms with Crippen LogP contribution in [0.2, 0.25) is 0 Å². The van der Waals surface area contributed by atoms with Gasteiger partial charge in [-0.2, -0.15) is 0 Å². The predicted molar refractivity (Wildman–Crippen MR) is 82.4 cm³/mol. The summed E-state index contributed by atoms with van der Waals surface area (Å²) < 4.78 is 1.69. The number of hydrogen-bond donors (Lipinski definition) is 0. The van der Waals surface area contributed by atoms with Gasteiger partial charge in [0.2, 0.25) is 0 Å². The number of thiazole rings is 1. The second kappa shape index (κ2) is 5.66. The first-order chi connectivity index (χ1) is 9.67. The highest BCUT2D eigenvalue weighted by Crippen LogP contribution is 2.20. The summed E-state index contributed by atoms with van der Waals surface area (Å²) in [4.78, 5) is 20.1. The van der Waals surface area contributed by atoms with Crippen LogP contribution in [0.15, 0.2) is 16.2 Å². The van der Waals surface area contributed by atoms with Crippen LogP contribution in [0.4, 0.5) is 0 Å². The van der Waals surface area contributed by atoms with Crippen LogP contribution in [-0.2, 0) is 6.54 Å². The van der Waals surface area contributed by atoms with Crippen molar-refractivity contribution in [2.24, 2.45) is 5.92 Å². The number of piperidine rings is 1. The van der Waals surface area contributed by atoms with Crippen molar-refractivity contribution >= 4 is 16.3 Å². The maximum Gasteiger partial charge on any atom is 0.259 e.